The molecule has 1 aromatic carbocycles. The molecule has 2 N–H and O–H groups in total. The molecule has 92 valence electrons. The second-order valence-corrected chi connectivity index (χ2v) is 4.75. The third kappa shape index (κ3) is 2.86. The van der Waals surface area contributed by atoms with Crippen molar-refractivity contribution in [3.8, 4) is 0 Å². The first-order valence-corrected chi connectivity index (χ1v) is 6.22. The number of rotatable bonds is 3. The lowest BCUT2D eigenvalue weighted by Crippen LogP contribution is -2.26. The van der Waals surface area contributed by atoms with E-state index in [0.717, 1.165) is 18.7 Å². The van der Waals surface area contributed by atoms with Crippen LogP contribution in [0.15, 0.2) is 24.3 Å². The molecule has 0 spiro atoms. The molecule has 1 saturated heterocycles. The van der Waals surface area contributed by atoms with Gasteiger partial charge in [0.25, 0.3) is 0 Å². The summed E-state index contributed by atoms with van der Waals surface area (Å²) in [6.07, 6.45) is 2.35. The number of carboxylic acids is 1. The Morgan fingerprint density at radius 2 is 1.88 bits per heavy atom. The van der Waals surface area contributed by atoms with E-state index in [0.29, 0.717) is 5.92 Å². The molecule has 17 heavy (non-hydrogen) atoms. The van der Waals surface area contributed by atoms with E-state index in [9.17, 15) is 4.79 Å². The van der Waals surface area contributed by atoms with Crippen molar-refractivity contribution in [2.45, 2.75) is 31.6 Å². The molecule has 0 aromatic heterocycles. The lowest BCUT2D eigenvalue weighted by Gasteiger charge is -2.23. The fraction of sp³-hybridized carbons (Fsp3) is 0.500. The van der Waals surface area contributed by atoms with Crippen LogP contribution in [0.3, 0.4) is 0 Å². The number of carbonyl (C=O) groups is 1. The van der Waals surface area contributed by atoms with E-state index >= 15 is 0 Å². The first-order chi connectivity index (χ1) is 8.18. The van der Waals surface area contributed by atoms with Gasteiger partial charge in [0.15, 0.2) is 0 Å². The van der Waals surface area contributed by atoms with Gasteiger partial charge in [0.1, 0.15) is 0 Å². The van der Waals surface area contributed by atoms with Gasteiger partial charge in [-0.2, -0.15) is 0 Å². The van der Waals surface area contributed by atoms with Gasteiger partial charge in [-0.15, -0.1) is 0 Å². The quantitative estimate of drug-likeness (QED) is 0.842. The zero-order chi connectivity index (χ0) is 12.3. The van der Waals surface area contributed by atoms with Crippen molar-refractivity contribution in [3.05, 3.63) is 35.4 Å². The second-order valence-electron chi connectivity index (χ2n) is 4.75. The normalized spacial score (nSPS) is 18.9. The summed E-state index contributed by atoms with van der Waals surface area (Å²) >= 11 is 0. The van der Waals surface area contributed by atoms with Gasteiger partial charge in [-0.05, 0) is 49.9 Å². The molecule has 1 atom stereocenters. The number of nitrogens with one attached hydrogen (secondary N) is 1. The topological polar surface area (TPSA) is 49.3 Å². The fourth-order valence-electron chi connectivity index (χ4n) is 2.35. The lowest BCUT2D eigenvalue weighted by atomic mass is 9.88. The summed E-state index contributed by atoms with van der Waals surface area (Å²) in [7, 11) is 0. The summed E-state index contributed by atoms with van der Waals surface area (Å²) in [5.74, 6) is -0.554. The summed E-state index contributed by atoms with van der Waals surface area (Å²) < 4.78 is 0. The first-order valence-electron chi connectivity index (χ1n) is 6.22. The molecule has 3 heteroatoms. The van der Waals surface area contributed by atoms with Crippen molar-refractivity contribution < 1.29 is 9.90 Å². The fourth-order valence-corrected chi connectivity index (χ4v) is 2.35. The van der Waals surface area contributed by atoms with Gasteiger partial charge in [0.2, 0.25) is 0 Å². The Bertz CT molecular complexity index is 380. The van der Waals surface area contributed by atoms with E-state index in [2.05, 4.69) is 17.4 Å². The number of piperidine rings is 1. The Labute approximate surface area is 102 Å². The van der Waals surface area contributed by atoms with Crippen LogP contribution in [0.25, 0.3) is 0 Å². The van der Waals surface area contributed by atoms with E-state index in [1.54, 1.807) is 6.92 Å². The first kappa shape index (κ1) is 12.1. The van der Waals surface area contributed by atoms with Gasteiger partial charge in [0.05, 0.1) is 5.92 Å². The molecule has 2 rings (SSSR count). The molecule has 1 aliphatic rings. The Kier molecular flexibility index (Phi) is 3.79. The second kappa shape index (κ2) is 5.32. The predicted molar refractivity (Wildman–Crippen MR) is 67.3 cm³/mol. The summed E-state index contributed by atoms with van der Waals surface area (Å²) in [6.45, 7) is 3.89. The average molecular weight is 233 g/mol. The largest absolute Gasteiger partial charge is 0.481 e. The Balaban J connectivity index is 2.09. The Hall–Kier alpha value is -1.35. The van der Waals surface area contributed by atoms with Crippen LogP contribution >= 0.6 is 0 Å². The van der Waals surface area contributed by atoms with E-state index < -0.39 is 11.9 Å². The highest BCUT2D eigenvalue weighted by Crippen LogP contribution is 2.26. The predicted octanol–water partition coefficient (Wildman–Crippen LogP) is 2.34. The van der Waals surface area contributed by atoms with Crippen LogP contribution in [0.5, 0.6) is 0 Å². The zero-order valence-corrected chi connectivity index (χ0v) is 10.1. The molecular weight excluding hydrogens is 214 g/mol. The molecule has 1 fully saturated rings. The minimum absolute atomic E-state index is 0.419. The van der Waals surface area contributed by atoms with Crippen molar-refractivity contribution in [2.75, 3.05) is 13.1 Å². The van der Waals surface area contributed by atoms with Crippen LogP contribution in [0.2, 0.25) is 0 Å². The van der Waals surface area contributed by atoms with Gasteiger partial charge in [-0.25, -0.2) is 0 Å². The molecule has 1 unspecified atom stereocenters. The van der Waals surface area contributed by atoms with Crippen LogP contribution in [0.4, 0.5) is 0 Å². The minimum atomic E-state index is -0.764. The molecule has 1 heterocycles. The van der Waals surface area contributed by atoms with Crippen molar-refractivity contribution in [1.82, 2.24) is 5.32 Å². The molecular formula is C14H19NO2. The van der Waals surface area contributed by atoms with Crippen molar-refractivity contribution in [3.63, 3.8) is 0 Å². The molecule has 0 saturated carbocycles. The number of benzene rings is 1. The van der Waals surface area contributed by atoms with Crippen LogP contribution in [0, 0.1) is 0 Å². The molecule has 0 bridgehead atoms. The highest BCUT2D eigenvalue weighted by molar-refractivity contribution is 5.75. The number of hydrogen-bond donors (Lipinski definition) is 2. The maximum atomic E-state index is 10.9. The van der Waals surface area contributed by atoms with E-state index in [1.165, 1.54) is 18.4 Å². The molecule has 1 aliphatic heterocycles. The molecule has 0 amide bonds. The summed E-state index contributed by atoms with van der Waals surface area (Å²) in [5, 5.41) is 12.3. The van der Waals surface area contributed by atoms with E-state index in [4.69, 9.17) is 5.11 Å². The maximum Gasteiger partial charge on any atom is 0.310 e. The zero-order valence-electron chi connectivity index (χ0n) is 10.1. The Morgan fingerprint density at radius 1 is 1.29 bits per heavy atom. The van der Waals surface area contributed by atoms with Gasteiger partial charge >= 0.3 is 5.97 Å². The monoisotopic (exact) mass is 233 g/mol. The number of aliphatic carboxylic acids is 1. The molecule has 0 aliphatic carbocycles. The summed E-state index contributed by atoms with van der Waals surface area (Å²) in [5.41, 5.74) is 2.23. The van der Waals surface area contributed by atoms with E-state index in [1.807, 2.05) is 12.1 Å². The van der Waals surface area contributed by atoms with Gasteiger partial charge < -0.3 is 10.4 Å². The van der Waals surface area contributed by atoms with Crippen molar-refractivity contribution >= 4 is 5.97 Å². The lowest BCUT2D eigenvalue weighted by molar-refractivity contribution is -0.138. The highest BCUT2D eigenvalue weighted by Gasteiger charge is 2.17. The van der Waals surface area contributed by atoms with Crippen LogP contribution < -0.4 is 5.32 Å². The third-order valence-corrected chi connectivity index (χ3v) is 3.62. The summed E-state index contributed by atoms with van der Waals surface area (Å²) in [6, 6.07) is 8.09. The van der Waals surface area contributed by atoms with Crippen LogP contribution in [-0.2, 0) is 4.79 Å². The molecule has 1 aromatic rings. The smallest absolute Gasteiger partial charge is 0.310 e. The molecule has 0 radical (unpaired) electrons. The van der Waals surface area contributed by atoms with Crippen LogP contribution in [-0.4, -0.2) is 24.2 Å². The van der Waals surface area contributed by atoms with Gasteiger partial charge in [0, 0.05) is 0 Å². The van der Waals surface area contributed by atoms with E-state index in [-0.39, 0.29) is 0 Å². The minimum Gasteiger partial charge on any atom is -0.481 e. The standard InChI is InChI=1S/C14H19NO2/c1-10(14(16)17)11-2-4-12(5-3-11)13-6-8-15-9-7-13/h2-5,10,13,15H,6-9H2,1H3,(H,16,17). The highest BCUT2D eigenvalue weighted by atomic mass is 16.4. The summed E-state index contributed by atoms with van der Waals surface area (Å²) in [4.78, 5) is 10.9. The van der Waals surface area contributed by atoms with Crippen LogP contribution in [0.1, 0.15) is 42.7 Å². The SMILES string of the molecule is CC(C(=O)O)c1ccc(C2CCNCC2)cc1. The molecule has 3 nitrogen and oxygen atoms in total. The van der Waals surface area contributed by atoms with Crippen molar-refractivity contribution in [2.24, 2.45) is 0 Å². The average Bonchev–Trinajstić information content (AvgIpc) is 2.39. The van der Waals surface area contributed by atoms with Crippen molar-refractivity contribution in [1.29, 1.82) is 0 Å². The van der Waals surface area contributed by atoms with Gasteiger partial charge in [-0.3, -0.25) is 4.79 Å². The third-order valence-electron chi connectivity index (χ3n) is 3.62. The Morgan fingerprint density at radius 3 is 2.41 bits per heavy atom. The maximum absolute atomic E-state index is 10.9. The van der Waals surface area contributed by atoms with Gasteiger partial charge in [-0.1, -0.05) is 24.3 Å². The number of carboxylic acid groups (broad SMARTS) is 1. The number of hydrogen-bond acceptors (Lipinski definition) is 2.